The van der Waals surface area contributed by atoms with E-state index in [2.05, 4.69) is 36.9 Å². The van der Waals surface area contributed by atoms with Crippen LogP contribution in [0.1, 0.15) is 48.4 Å². The quantitative estimate of drug-likeness (QED) is 0.887. The molecule has 1 aromatic carbocycles. The molecule has 1 unspecified atom stereocenters. The van der Waals surface area contributed by atoms with Crippen molar-refractivity contribution in [3.05, 3.63) is 34.9 Å². The van der Waals surface area contributed by atoms with Crippen LogP contribution in [0.25, 0.3) is 0 Å². The van der Waals surface area contributed by atoms with E-state index in [1.54, 1.807) is 0 Å². The molecule has 1 saturated heterocycles. The maximum atomic E-state index is 6.06. The van der Waals surface area contributed by atoms with Gasteiger partial charge in [-0.2, -0.15) is 0 Å². The van der Waals surface area contributed by atoms with Crippen LogP contribution >= 0.6 is 0 Å². The molecule has 0 amide bonds. The van der Waals surface area contributed by atoms with Crippen LogP contribution in [-0.4, -0.2) is 24.5 Å². The standard InChI is InChI=1S/C16H26N2/c1-13-7-8-14(2)15(11-13)16(12-17)18-9-5-3-4-6-10-18/h7-8,11,16H,3-6,9-10,12,17H2,1-2H3. The fourth-order valence-corrected chi connectivity index (χ4v) is 3.00. The minimum absolute atomic E-state index is 0.406. The summed E-state index contributed by atoms with van der Waals surface area (Å²) in [6.45, 7) is 7.50. The fraction of sp³-hybridized carbons (Fsp3) is 0.625. The van der Waals surface area contributed by atoms with Crippen LogP contribution in [0.4, 0.5) is 0 Å². The number of rotatable bonds is 3. The lowest BCUT2D eigenvalue weighted by Crippen LogP contribution is -2.35. The van der Waals surface area contributed by atoms with Crippen LogP contribution in [0.3, 0.4) is 0 Å². The molecule has 1 aromatic rings. The van der Waals surface area contributed by atoms with Gasteiger partial charge in [0.05, 0.1) is 0 Å². The second-order valence-electron chi connectivity index (χ2n) is 5.56. The molecule has 2 heteroatoms. The van der Waals surface area contributed by atoms with Gasteiger partial charge in [0.2, 0.25) is 0 Å². The van der Waals surface area contributed by atoms with Crippen LogP contribution in [0, 0.1) is 13.8 Å². The van der Waals surface area contributed by atoms with Gasteiger partial charge < -0.3 is 5.73 Å². The zero-order chi connectivity index (χ0) is 13.0. The van der Waals surface area contributed by atoms with Crippen molar-refractivity contribution in [2.45, 2.75) is 45.6 Å². The molecule has 1 atom stereocenters. The maximum Gasteiger partial charge on any atom is 0.0473 e. The summed E-state index contributed by atoms with van der Waals surface area (Å²) in [5.41, 5.74) is 10.2. The van der Waals surface area contributed by atoms with Crippen LogP contribution in [0.15, 0.2) is 18.2 Å². The summed E-state index contributed by atoms with van der Waals surface area (Å²) in [5.74, 6) is 0. The molecular formula is C16H26N2. The molecule has 2 nitrogen and oxygen atoms in total. The molecule has 0 aromatic heterocycles. The number of nitrogens with zero attached hydrogens (tertiary/aromatic N) is 1. The van der Waals surface area contributed by atoms with Gasteiger partial charge in [0.25, 0.3) is 0 Å². The first-order valence-electron chi connectivity index (χ1n) is 7.23. The largest absolute Gasteiger partial charge is 0.329 e. The normalized spacial score (nSPS) is 19.5. The van der Waals surface area contributed by atoms with Gasteiger partial charge in [0, 0.05) is 12.6 Å². The Morgan fingerprint density at radius 2 is 1.78 bits per heavy atom. The first-order chi connectivity index (χ1) is 8.72. The van der Waals surface area contributed by atoms with Gasteiger partial charge in [-0.15, -0.1) is 0 Å². The fourth-order valence-electron chi connectivity index (χ4n) is 3.00. The highest BCUT2D eigenvalue weighted by molar-refractivity contribution is 5.33. The lowest BCUT2D eigenvalue weighted by molar-refractivity contribution is 0.209. The van der Waals surface area contributed by atoms with Crippen LogP contribution in [-0.2, 0) is 0 Å². The van der Waals surface area contributed by atoms with Gasteiger partial charge in [0.1, 0.15) is 0 Å². The van der Waals surface area contributed by atoms with Gasteiger partial charge in [-0.1, -0.05) is 36.6 Å². The molecule has 2 rings (SSSR count). The van der Waals surface area contributed by atoms with E-state index in [0.717, 1.165) is 6.54 Å². The number of nitrogens with two attached hydrogens (primary N) is 1. The lowest BCUT2D eigenvalue weighted by atomic mass is 9.97. The second-order valence-corrected chi connectivity index (χ2v) is 5.56. The summed E-state index contributed by atoms with van der Waals surface area (Å²) in [7, 11) is 0. The third-order valence-corrected chi connectivity index (χ3v) is 4.10. The molecule has 1 aliphatic heterocycles. The monoisotopic (exact) mass is 246 g/mol. The summed E-state index contributed by atoms with van der Waals surface area (Å²) in [5, 5.41) is 0. The molecule has 0 aliphatic carbocycles. The molecule has 0 saturated carbocycles. The van der Waals surface area contributed by atoms with Gasteiger partial charge >= 0.3 is 0 Å². The van der Waals surface area contributed by atoms with E-state index >= 15 is 0 Å². The third-order valence-electron chi connectivity index (χ3n) is 4.10. The van der Waals surface area contributed by atoms with Crippen molar-refractivity contribution in [1.29, 1.82) is 0 Å². The van der Waals surface area contributed by atoms with Crippen molar-refractivity contribution in [2.75, 3.05) is 19.6 Å². The average Bonchev–Trinajstić information content (AvgIpc) is 2.64. The van der Waals surface area contributed by atoms with E-state index in [1.807, 2.05) is 0 Å². The molecule has 0 radical (unpaired) electrons. The molecule has 1 heterocycles. The first-order valence-corrected chi connectivity index (χ1v) is 7.23. The van der Waals surface area contributed by atoms with Crippen LogP contribution in [0.5, 0.6) is 0 Å². The molecule has 1 aliphatic rings. The van der Waals surface area contributed by atoms with Gasteiger partial charge in [0.15, 0.2) is 0 Å². The number of hydrogen-bond acceptors (Lipinski definition) is 2. The molecule has 0 spiro atoms. The van der Waals surface area contributed by atoms with Crippen LogP contribution in [0.2, 0.25) is 0 Å². The van der Waals surface area contributed by atoms with E-state index in [0.29, 0.717) is 6.04 Å². The van der Waals surface area contributed by atoms with E-state index in [9.17, 15) is 0 Å². The highest BCUT2D eigenvalue weighted by atomic mass is 15.2. The zero-order valence-corrected chi connectivity index (χ0v) is 11.8. The summed E-state index contributed by atoms with van der Waals surface area (Å²) in [6.07, 6.45) is 5.39. The molecule has 18 heavy (non-hydrogen) atoms. The van der Waals surface area contributed by atoms with Gasteiger partial charge in [-0.25, -0.2) is 0 Å². The first kappa shape index (κ1) is 13.6. The summed E-state index contributed by atoms with van der Waals surface area (Å²) >= 11 is 0. The number of likely N-dealkylation sites (tertiary alicyclic amines) is 1. The maximum absolute atomic E-state index is 6.06. The Balaban J connectivity index is 2.23. The highest BCUT2D eigenvalue weighted by Gasteiger charge is 2.21. The summed E-state index contributed by atoms with van der Waals surface area (Å²) < 4.78 is 0. The van der Waals surface area contributed by atoms with Gasteiger partial charge in [-0.3, -0.25) is 4.90 Å². The van der Waals surface area contributed by atoms with Crippen LogP contribution < -0.4 is 5.73 Å². The predicted molar refractivity (Wildman–Crippen MR) is 77.8 cm³/mol. The smallest absolute Gasteiger partial charge is 0.0473 e. The molecular weight excluding hydrogens is 220 g/mol. The summed E-state index contributed by atoms with van der Waals surface area (Å²) in [6, 6.07) is 7.14. The average molecular weight is 246 g/mol. The van der Waals surface area contributed by atoms with Crippen molar-refractivity contribution < 1.29 is 0 Å². The topological polar surface area (TPSA) is 29.3 Å². The third kappa shape index (κ3) is 3.12. The number of benzene rings is 1. The second kappa shape index (κ2) is 6.35. The Morgan fingerprint density at radius 3 is 2.39 bits per heavy atom. The minimum atomic E-state index is 0.406. The van der Waals surface area contributed by atoms with E-state index in [4.69, 9.17) is 5.73 Å². The number of hydrogen-bond donors (Lipinski definition) is 1. The van der Waals surface area contributed by atoms with E-state index < -0.39 is 0 Å². The Kier molecular flexibility index (Phi) is 4.79. The van der Waals surface area contributed by atoms with E-state index in [-0.39, 0.29) is 0 Å². The molecule has 0 bridgehead atoms. The Morgan fingerprint density at radius 1 is 1.11 bits per heavy atom. The molecule has 2 N–H and O–H groups in total. The van der Waals surface area contributed by atoms with Crippen molar-refractivity contribution >= 4 is 0 Å². The predicted octanol–water partition coefficient (Wildman–Crippen LogP) is 3.18. The molecule has 1 fully saturated rings. The molecule has 100 valence electrons. The SMILES string of the molecule is Cc1ccc(C)c(C(CN)N2CCCCCC2)c1. The lowest BCUT2D eigenvalue weighted by Gasteiger charge is -2.31. The van der Waals surface area contributed by atoms with Gasteiger partial charge in [-0.05, 0) is 50.9 Å². The van der Waals surface area contributed by atoms with Crippen molar-refractivity contribution in [3.8, 4) is 0 Å². The van der Waals surface area contributed by atoms with Crippen molar-refractivity contribution in [2.24, 2.45) is 5.73 Å². The Labute approximate surface area is 111 Å². The van der Waals surface area contributed by atoms with E-state index in [1.165, 1.54) is 55.5 Å². The highest BCUT2D eigenvalue weighted by Crippen LogP contribution is 2.26. The number of aryl methyl sites for hydroxylation is 2. The minimum Gasteiger partial charge on any atom is -0.329 e. The Hall–Kier alpha value is -0.860. The zero-order valence-electron chi connectivity index (χ0n) is 11.8. The van der Waals surface area contributed by atoms with Crippen molar-refractivity contribution in [1.82, 2.24) is 4.90 Å². The Bertz CT molecular complexity index is 379. The van der Waals surface area contributed by atoms with Crippen molar-refractivity contribution in [3.63, 3.8) is 0 Å². The summed E-state index contributed by atoms with van der Waals surface area (Å²) in [4.78, 5) is 2.59.